The molecule has 0 aromatic heterocycles. The molecular formula is C14H18Cl3N. The Morgan fingerprint density at radius 2 is 1.72 bits per heavy atom. The maximum absolute atomic E-state index is 6.24. The summed E-state index contributed by atoms with van der Waals surface area (Å²) in [6.07, 6.45) is 5.16. The van der Waals surface area contributed by atoms with Crippen LogP contribution in [0.15, 0.2) is 18.2 Å². The van der Waals surface area contributed by atoms with Crippen molar-refractivity contribution in [1.82, 2.24) is 4.90 Å². The van der Waals surface area contributed by atoms with Gasteiger partial charge in [-0.2, -0.15) is 0 Å². The Kier molecular flexibility index (Phi) is 5.62. The zero-order valence-corrected chi connectivity index (χ0v) is 12.6. The van der Waals surface area contributed by atoms with Gasteiger partial charge >= 0.3 is 0 Å². The van der Waals surface area contributed by atoms with Gasteiger partial charge in [-0.3, -0.25) is 4.90 Å². The zero-order chi connectivity index (χ0) is 13.0. The van der Waals surface area contributed by atoms with Crippen LogP contribution in [0.4, 0.5) is 0 Å². The average molecular weight is 307 g/mol. The summed E-state index contributed by atoms with van der Waals surface area (Å²) in [4.78, 5) is 2.42. The normalized spacial score (nSPS) is 16.7. The first-order chi connectivity index (χ1) is 8.72. The Bertz CT molecular complexity index is 368. The van der Waals surface area contributed by atoms with Crippen LogP contribution < -0.4 is 0 Å². The second-order valence-corrected chi connectivity index (χ2v) is 5.99. The van der Waals surface area contributed by atoms with Crippen molar-refractivity contribution in [3.8, 4) is 0 Å². The van der Waals surface area contributed by atoms with Crippen molar-refractivity contribution in [2.45, 2.75) is 38.3 Å². The smallest absolute Gasteiger partial charge is 0.0465 e. The molecule has 0 atom stereocenters. The largest absolute Gasteiger partial charge is 0.295 e. The first-order valence-corrected chi connectivity index (χ1v) is 7.74. The lowest BCUT2D eigenvalue weighted by Gasteiger charge is -2.28. The molecule has 1 nitrogen and oxygen atoms in total. The van der Waals surface area contributed by atoms with Gasteiger partial charge in [-0.25, -0.2) is 0 Å². The van der Waals surface area contributed by atoms with Gasteiger partial charge in [0.05, 0.1) is 0 Å². The molecule has 0 amide bonds. The van der Waals surface area contributed by atoms with Gasteiger partial charge in [-0.15, -0.1) is 11.6 Å². The van der Waals surface area contributed by atoms with E-state index in [4.69, 9.17) is 34.8 Å². The highest BCUT2D eigenvalue weighted by molar-refractivity contribution is 6.35. The Labute approximate surface area is 124 Å². The fraction of sp³-hybridized carbons (Fsp3) is 0.571. The fourth-order valence-electron chi connectivity index (χ4n) is 2.66. The molecule has 0 aliphatic heterocycles. The second kappa shape index (κ2) is 7.00. The summed E-state index contributed by atoms with van der Waals surface area (Å²) in [6, 6.07) is 6.32. The first kappa shape index (κ1) is 14.5. The van der Waals surface area contributed by atoms with Gasteiger partial charge in [0, 0.05) is 40.6 Å². The minimum Gasteiger partial charge on any atom is -0.295 e. The number of hydrogen-bond acceptors (Lipinski definition) is 1. The van der Waals surface area contributed by atoms with E-state index in [0.717, 1.165) is 28.7 Å². The summed E-state index contributed by atoms with van der Waals surface area (Å²) in [6.45, 7) is 1.70. The SMILES string of the molecule is ClCCN(Cc1c(Cl)cccc1Cl)C1CCCC1. The van der Waals surface area contributed by atoms with Gasteiger partial charge in [-0.05, 0) is 25.0 Å². The molecule has 100 valence electrons. The Hall–Kier alpha value is 0.0500. The van der Waals surface area contributed by atoms with Gasteiger partial charge < -0.3 is 0 Å². The third kappa shape index (κ3) is 3.54. The maximum Gasteiger partial charge on any atom is 0.0465 e. The molecule has 0 N–H and O–H groups in total. The van der Waals surface area contributed by atoms with Gasteiger partial charge in [0.15, 0.2) is 0 Å². The molecule has 2 rings (SSSR count). The Balaban J connectivity index is 2.12. The van der Waals surface area contributed by atoms with Crippen molar-refractivity contribution >= 4 is 34.8 Å². The van der Waals surface area contributed by atoms with Crippen LogP contribution in [0.1, 0.15) is 31.2 Å². The first-order valence-electron chi connectivity index (χ1n) is 6.45. The van der Waals surface area contributed by atoms with E-state index in [-0.39, 0.29) is 0 Å². The highest BCUT2D eigenvalue weighted by Crippen LogP contribution is 2.29. The molecule has 1 aromatic carbocycles. The van der Waals surface area contributed by atoms with E-state index in [1.54, 1.807) is 0 Å². The van der Waals surface area contributed by atoms with E-state index >= 15 is 0 Å². The van der Waals surface area contributed by atoms with Crippen LogP contribution in [0.25, 0.3) is 0 Å². The van der Waals surface area contributed by atoms with E-state index in [2.05, 4.69) is 4.90 Å². The highest BCUT2D eigenvalue weighted by atomic mass is 35.5. The van der Waals surface area contributed by atoms with Gasteiger partial charge in [-0.1, -0.05) is 42.1 Å². The third-order valence-corrected chi connectivity index (χ3v) is 4.51. The fourth-order valence-corrected chi connectivity index (χ4v) is 3.39. The Morgan fingerprint density at radius 1 is 1.11 bits per heavy atom. The molecular weight excluding hydrogens is 289 g/mol. The predicted molar refractivity (Wildman–Crippen MR) is 79.8 cm³/mol. The monoisotopic (exact) mass is 305 g/mol. The molecule has 0 unspecified atom stereocenters. The average Bonchev–Trinajstić information content (AvgIpc) is 2.86. The lowest BCUT2D eigenvalue weighted by Crippen LogP contribution is -2.34. The van der Waals surface area contributed by atoms with Crippen LogP contribution >= 0.6 is 34.8 Å². The quantitative estimate of drug-likeness (QED) is 0.694. The van der Waals surface area contributed by atoms with E-state index in [9.17, 15) is 0 Å². The maximum atomic E-state index is 6.24. The molecule has 18 heavy (non-hydrogen) atoms. The summed E-state index contributed by atoms with van der Waals surface area (Å²) in [5, 5.41) is 1.50. The molecule has 0 saturated heterocycles. The van der Waals surface area contributed by atoms with Gasteiger partial charge in [0.25, 0.3) is 0 Å². The van der Waals surface area contributed by atoms with Crippen LogP contribution in [-0.2, 0) is 6.54 Å². The summed E-state index contributed by atoms with van der Waals surface area (Å²) in [5.41, 5.74) is 1.03. The number of alkyl halides is 1. The van der Waals surface area contributed by atoms with Gasteiger partial charge in [0.1, 0.15) is 0 Å². The molecule has 0 radical (unpaired) electrons. The standard InChI is InChI=1S/C14H18Cl3N/c15-8-9-18(11-4-1-2-5-11)10-12-13(16)6-3-7-14(12)17/h3,6-7,11H,1-2,4-5,8-10H2. The van der Waals surface area contributed by atoms with E-state index in [1.807, 2.05) is 18.2 Å². The predicted octanol–water partition coefficient (Wildman–Crippen LogP) is 4.98. The van der Waals surface area contributed by atoms with Crippen LogP contribution in [0.5, 0.6) is 0 Å². The van der Waals surface area contributed by atoms with E-state index < -0.39 is 0 Å². The van der Waals surface area contributed by atoms with Crippen molar-refractivity contribution in [3.05, 3.63) is 33.8 Å². The van der Waals surface area contributed by atoms with Crippen molar-refractivity contribution in [2.24, 2.45) is 0 Å². The van der Waals surface area contributed by atoms with Gasteiger partial charge in [0.2, 0.25) is 0 Å². The van der Waals surface area contributed by atoms with Crippen LogP contribution in [0, 0.1) is 0 Å². The molecule has 1 aliphatic carbocycles. The van der Waals surface area contributed by atoms with E-state index in [1.165, 1.54) is 25.7 Å². The van der Waals surface area contributed by atoms with Crippen molar-refractivity contribution in [3.63, 3.8) is 0 Å². The number of nitrogens with zero attached hydrogens (tertiary/aromatic N) is 1. The number of rotatable bonds is 5. The molecule has 1 aromatic rings. The Morgan fingerprint density at radius 3 is 2.28 bits per heavy atom. The summed E-state index contributed by atoms with van der Waals surface area (Å²) in [5.74, 6) is 0.651. The molecule has 0 bridgehead atoms. The molecule has 1 saturated carbocycles. The van der Waals surface area contributed by atoms with Crippen molar-refractivity contribution < 1.29 is 0 Å². The number of halogens is 3. The summed E-state index contributed by atoms with van der Waals surface area (Å²) >= 11 is 18.4. The second-order valence-electron chi connectivity index (χ2n) is 4.80. The number of hydrogen-bond donors (Lipinski definition) is 0. The topological polar surface area (TPSA) is 3.24 Å². The molecule has 4 heteroatoms. The number of benzene rings is 1. The van der Waals surface area contributed by atoms with Crippen LogP contribution in [0.3, 0.4) is 0 Å². The van der Waals surface area contributed by atoms with Crippen molar-refractivity contribution in [2.75, 3.05) is 12.4 Å². The lowest BCUT2D eigenvalue weighted by molar-refractivity contribution is 0.201. The van der Waals surface area contributed by atoms with Crippen molar-refractivity contribution in [1.29, 1.82) is 0 Å². The highest BCUT2D eigenvalue weighted by Gasteiger charge is 2.23. The zero-order valence-electron chi connectivity index (χ0n) is 10.3. The molecule has 1 fully saturated rings. The minimum atomic E-state index is 0.635. The molecule has 0 spiro atoms. The summed E-state index contributed by atoms with van der Waals surface area (Å²) < 4.78 is 0. The van der Waals surface area contributed by atoms with Crippen LogP contribution in [0.2, 0.25) is 10.0 Å². The summed E-state index contributed by atoms with van der Waals surface area (Å²) in [7, 11) is 0. The molecule has 1 aliphatic rings. The van der Waals surface area contributed by atoms with Crippen LogP contribution in [-0.4, -0.2) is 23.4 Å². The van der Waals surface area contributed by atoms with E-state index in [0.29, 0.717) is 11.9 Å². The lowest BCUT2D eigenvalue weighted by atomic mass is 10.1. The minimum absolute atomic E-state index is 0.635. The molecule has 0 heterocycles. The third-order valence-electron chi connectivity index (χ3n) is 3.64.